The van der Waals surface area contributed by atoms with E-state index in [1.807, 2.05) is 0 Å². The van der Waals surface area contributed by atoms with Crippen LogP contribution in [0.3, 0.4) is 0 Å². The van der Waals surface area contributed by atoms with Crippen molar-refractivity contribution in [2.45, 2.75) is 46.5 Å². The molecule has 2 heteroatoms. The monoisotopic (exact) mass is 262 g/mol. The van der Waals surface area contributed by atoms with Crippen LogP contribution in [0, 0.1) is 5.92 Å². The lowest BCUT2D eigenvalue weighted by molar-refractivity contribution is 0.408. The molecule has 0 heterocycles. The maximum absolute atomic E-state index is 4.10. The minimum atomic E-state index is 0.809. The van der Waals surface area contributed by atoms with Gasteiger partial charge in [-0.05, 0) is 18.8 Å². The van der Waals surface area contributed by atoms with Gasteiger partial charge in [0.25, 0.3) is 0 Å². The highest BCUT2D eigenvalue weighted by Gasteiger charge is 2.28. The van der Waals surface area contributed by atoms with E-state index in [9.17, 15) is 0 Å². The molecule has 0 aromatic heterocycles. The van der Waals surface area contributed by atoms with E-state index in [0.29, 0.717) is 0 Å². The van der Waals surface area contributed by atoms with Gasteiger partial charge in [-0.2, -0.15) is 0 Å². The Bertz CT molecular complexity index is 363. The molecule has 0 aromatic carbocycles. The molecule has 0 bridgehead atoms. The smallest absolute Gasteiger partial charge is 0.0679 e. The normalized spacial score (nSPS) is 15.0. The molecule has 108 valence electrons. The van der Waals surface area contributed by atoms with E-state index in [1.165, 1.54) is 30.7 Å². The highest BCUT2D eigenvalue weighted by Crippen LogP contribution is 2.37. The van der Waals surface area contributed by atoms with Crippen molar-refractivity contribution in [2.24, 2.45) is 5.92 Å². The molecule has 1 N–H and O–H groups in total. The minimum absolute atomic E-state index is 0.809. The number of nitrogens with one attached hydrogen (secondary N) is 1. The van der Waals surface area contributed by atoms with Crippen LogP contribution in [-0.2, 0) is 0 Å². The molecule has 0 aromatic rings. The lowest BCUT2D eigenvalue weighted by Gasteiger charge is -2.36. The predicted octanol–water partition coefficient (Wildman–Crippen LogP) is 4.08. The van der Waals surface area contributed by atoms with Crippen LogP contribution in [0.5, 0.6) is 0 Å². The Labute approximate surface area is 119 Å². The molecule has 19 heavy (non-hydrogen) atoms. The van der Waals surface area contributed by atoms with Gasteiger partial charge in [-0.15, -0.1) is 0 Å². The van der Waals surface area contributed by atoms with Crippen molar-refractivity contribution in [3.05, 3.63) is 35.7 Å². The Morgan fingerprint density at radius 2 is 1.84 bits per heavy atom. The topological polar surface area (TPSA) is 15.3 Å². The number of unbranched alkanes of at least 4 members (excludes halogenated alkanes) is 1. The van der Waals surface area contributed by atoms with Crippen LogP contribution in [0.25, 0.3) is 0 Å². The van der Waals surface area contributed by atoms with Crippen molar-refractivity contribution in [3.63, 3.8) is 0 Å². The molecular formula is C17H30N2. The predicted molar refractivity (Wildman–Crippen MR) is 84.9 cm³/mol. The van der Waals surface area contributed by atoms with Gasteiger partial charge in [-0.3, -0.25) is 0 Å². The maximum atomic E-state index is 4.10. The first-order valence-electron chi connectivity index (χ1n) is 7.57. The summed E-state index contributed by atoms with van der Waals surface area (Å²) in [6.07, 6.45) is 5.00. The Balaban J connectivity index is 2.45. The summed E-state index contributed by atoms with van der Waals surface area (Å²) in [5, 5.41) is 3.54. The summed E-state index contributed by atoms with van der Waals surface area (Å²) in [6, 6.07) is 0. The number of rotatable bonds is 9. The highest BCUT2D eigenvalue weighted by molar-refractivity contribution is 5.66. The molecular weight excluding hydrogens is 232 g/mol. The number of likely N-dealkylation sites (N-methyl/N-ethyl adjacent to an activating group) is 1. The van der Waals surface area contributed by atoms with Crippen LogP contribution in [0.2, 0.25) is 0 Å². The standard InChI is InChI=1S/C17H30N2/c1-7-12-19(6)17-15(5)14(4)16(17)18-11-9-8-10-13(2)3/h13,18H,4-5,7-12H2,1-3,6H3. The third kappa shape index (κ3) is 4.15. The van der Waals surface area contributed by atoms with E-state index in [-0.39, 0.29) is 0 Å². The second-order valence-corrected chi connectivity index (χ2v) is 5.92. The molecule has 0 aliphatic heterocycles. The molecule has 0 amide bonds. The first-order valence-corrected chi connectivity index (χ1v) is 7.57. The van der Waals surface area contributed by atoms with Gasteiger partial charge < -0.3 is 10.2 Å². The Hall–Kier alpha value is -1.18. The molecule has 0 fully saturated rings. The SMILES string of the molecule is C=C1C(=C)C(N(C)CCC)=C1NCCCCC(C)C. The number of hydrogen-bond donors (Lipinski definition) is 1. The van der Waals surface area contributed by atoms with Crippen molar-refractivity contribution in [1.82, 2.24) is 10.2 Å². The van der Waals surface area contributed by atoms with Crippen LogP contribution in [0.4, 0.5) is 0 Å². The van der Waals surface area contributed by atoms with E-state index >= 15 is 0 Å². The van der Waals surface area contributed by atoms with E-state index in [0.717, 1.165) is 36.6 Å². The van der Waals surface area contributed by atoms with Crippen LogP contribution < -0.4 is 5.32 Å². The van der Waals surface area contributed by atoms with Gasteiger partial charge in [-0.25, -0.2) is 0 Å². The molecule has 0 spiro atoms. The Morgan fingerprint density at radius 1 is 1.16 bits per heavy atom. The van der Waals surface area contributed by atoms with E-state index in [1.54, 1.807) is 0 Å². The lowest BCUT2D eigenvalue weighted by atomic mass is 9.88. The van der Waals surface area contributed by atoms with Crippen molar-refractivity contribution >= 4 is 0 Å². The van der Waals surface area contributed by atoms with Crippen LogP contribution in [0.1, 0.15) is 46.5 Å². The van der Waals surface area contributed by atoms with E-state index in [2.05, 4.69) is 51.2 Å². The van der Waals surface area contributed by atoms with Gasteiger partial charge >= 0.3 is 0 Å². The molecule has 0 atom stereocenters. The summed E-state index contributed by atoms with van der Waals surface area (Å²) >= 11 is 0. The average Bonchev–Trinajstić information content (AvgIpc) is 2.36. The maximum Gasteiger partial charge on any atom is 0.0679 e. The van der Waals surface area contributed by atoms with Gasteiger partial charge in [0.05, 0.1) is 11.4 Å². The van der Waals surface area contributed by atoms with Crippen molar-refractivity contribution < 1.29 is 0 Å². The third-order valence-electron chi connectivity index (χ3n) is 3.64. The fourth-order valence-corrected chi connectivity index (χ4v) is 2.47. The van der Waals surface area contributed by atoms with Crippen molar-refractivity contribution in [1.29, 1.82) is 0 Å². The first-order chi connectivity index (χ1) is 8.99. The summed E-state index contributed by atoms with van der Waals surface area (Å²) < 4.78 is 0. The van der Waals surface area contributed by atoms with Crippen LogP contribution in [0.15, 0.2) is 35.7 Å². The summed E-state index contributed by atoms with van der Waals surface area (Å²) in [5.74, 6) is 0.809. The molecule has 1 rings (SSSR count). The molecule has 0 saturated carbocycles. The van der Waals surface area contributed by atoms with Crippen molar-refractivity contribution in [2.75, 3.05) is 20.1 Å². The lowest BCUT2D eigenvalue weighted by Crippen LogP contribution is -2.34. The van der Waals surface area contributed by atoms with Gasteiger partial charge in [0.15, 0.2) is 0 Å². The summed E-state index contributed by atoms with van der Waals surface area (Å²) in [6.45, 7) is 17.1. The minimum Gasteiger partial charge on any atom is -0.383 e. The van der Waals surface area contributed by atoms with Crippen molar-refractivity contribution in [3.8, 4) is 0 Å². The second-order valence-electron chi connectivity index (χ2n) is 5.92. The Kier molecular flexibility index (Phi) is 6.20. The zero-order chi connectivity index (χ0) is 14.4. The number of hydrogen-bond acceptors (Lipinski definition) is 2. The van der Waals surface area contributed by atoms with Crippen LogP contribution >= 0.6 is 0 Å². The third-order valence-corrected chi connectivity index (χ3v) is 3.64. The number of nitrogens with zero attached hydrogens (tertiary/aromatic N) is 1. The molecule has 0 radical (unpaired) electrons. The molecule has 1 aliphatic rings. The fourth-order valence-electron chi connectivity index (χ4n) is 2.47. The zero-order valence-corrected chi connectivity index (χ0v) is 13.2. The van der Waals surface area contributed by atoms with Gasteiger partial charge in [0, 0.05) is 31.3 Å². The summed E-state index contributed by atoms with van der Waals surface area (Å²) in [7, 11) is 2.14. The molecule has 2 nitrogen and oxygen atoms in total. The van der Waals surface area contributed by atoms with Crippen LogP contribution in [-0.4, -0.2) is 25.0 Å². The fraction of sp³-hybridized carbons (Fsp3) is 0.647. The largest absolute Gasteiger partial charge is 0.383 e. The second kappa shape index (κ2) is 7.42. The van der Waals surface area contributed by atoms with Gasteiger partial charge in [0.1, 0.15) is 0 Å². The van der Waals surface area contributed by atoms with E-state index < -0.39 is 0 Å². The van der Waals surface area contributed by atoms with E-state index in [4.69, 9.17) is 0 Å². The number of allylic oxidation sites excluding steroid dienone is 2. The zero-order valence-electron chi connectivity index (χ0n) is 13.2. The highest BCUT2D eigenvalue weighted by atomic mass is 15.1. The summed E-state index contributed by atoms with van der Waals surface area (Å²) in [5.41, 5.74) is 4.66. The first kappa shape index (κ1) is 15.9. The Morgan fingerprint density at radius 3 is 2.42 bits per heavy atom. The average molecular weight is 262 g/mol. The summed E-state index contributed by atoms with van der Waals surface area (Å²) in [4.78, 5) is 2.29. The van der Waals surface area contributed by atoms with Gasteiger partial charge in [0.2, 0.25) is 0 Å². The van der Waals surface area contributed by atoms with Gasteiger partial charge in [-0.1, -0.05) is 46.8 Å². The molecule has 1 aliphatic carbocycles. The quantitative estimate of drug-likeness (QED) is 0.630. The molecule has 0 saturated heterocycles. The molecule has 0 unspecified atom stereocenters.